The lowest BCUT2D eigenvalue weighted by atomic mass is 9.57. The zero-order chi connectivity index (χ0) is 37.6. The molecule has 4 amide bonds. The minimum Gasteiger partial charge on any atom is -0.502 e. The molecule has 2 aliphatic carbocycles. The van der Waals surface area contributed by atoms with Gasteiger partial charge in [-0.1, -0.05) is 29.9 Å². The molecule has 1 aromatic heterocycles. The number of aromatic hydroxyl groups is 1. The van der Waals surface area contributed by atoms with Crippen molar-refractivity contribution in [2.45, 2.75) is 29.1 Å². The van der Waals surface area contributed by atoms with Crippen molar-refractivity contribution in [1.29, 1.82) is 0 Å². The van der Waals surface area contributed by atoms with Crippen molar-refractivity contribution >= 4 is 69.9 Å². The van der Waals surface area contributed by atoms with Crippen LogP contribution in [0.4, 0.5) is 27.6 Å². The number of ether oxygens (including phenoxy) is 2. The highest BCUT2D eigenvalue weighted by Gasteiger charge is 2.76. The number of allylic oxidation sites excluding steroid dienone is 3. The number of methoxy groups -OCH3 is 2. The lowest BCUT2D eigenvalue weighted by Crippen LogP contribution is -2.60. The highest BCUT2D eigenvalue weighted by Crippen LogP contribution is 2.64. The highest BCUT2D eigenvalue weighted by atomic mass is 35.5. The zero-order valence-electron chi connectivity index (χ0n) is 26.9. The van der Waals surface area contributed by atoms with E-state index in [0.717, 1.165) is 9.78 Å². The fraction of sp³-hybridized carbons (Fsp3) is 0.314. The van der Waals surface area contributed by atoms with E-state index < -0.39 is 98.2 Å². The number of rotatable bonds is 7. The summed E-state index contributed by atoms with van der Waals surface area (Å²) in [5.41, 5.74) is -1.27. The molecule has 1 N–H and O–H groups in total. The smallest absolute Gasteiger partial charge is 0.258 e. The molecule has 52 heavy (non-hydrogen) atoms. The molecule has 0 spiro atoms. The number of carbonyl (C=O) groups is 4. The Balaban J connectivity index is 1.39. The predicted octanol–water partition coefficient (Wildman–Crippen LogP) is 6.48. The summed E-state index contributed by atoms with van der Waals surface area (Å²) < 4.78 is 83.8. The van der Waals surface area contributed by atoms with E-state index in [9.17, 15) is 37.5 Å². The molecular weight excluding hydrogens is 758 g/mol. The summed E-state index contributed by atoms with van der Waals surface area (Å²) in [6, 6.07) is 6.28. The summed E-state index contributed by atoms with van der Waals surface area (Å²) in [4.78, 5) is 52.6. The van der Waals surface area contributed by atoms with Crippen LogP contribution >= 0.6 is 34.5 Å². The van der Waals surface area contributed by atoms with Gasteiger partial charge in [0.15, 0.2) is 44.5 Å². The normalized spacial score (nSPS) is 28.4. The number of anilines is 1. The quantitative estimate of drug-likeness (QED) is 0.0730. The SMILES string of the molecule is COc1cc(C=C[C@H]2C3=CC[C@@H]4C(=O)N(Cc5cccs5)C(=O)[C@@H]4[C@@H]3C[C@@]3(Cl)C(=O)N(c4c(F)c(F)c(F)c(F)c4F)C(=O)[C@@]23Cl)cc(OC)c1O. The van der Waals surface area contributed by atoms with Crippen LogP contribution in [-0.4, -0.2) is 57.6 Å². The van der Waals surface area contributed by atoms with Gasteiger partial charge in [0, 0.05) is 10.8 Å². The van der Waals surface area contributed by atoms with E-state index in [1.165, 1.54) is 49.8 Å². The largest absolute Gasteiger partial charge is 0.502 e. The second-order valence-electron chi connectivity index (χ2n) is 12.7. The molecule has 3 aromatic rings. The van der Waals surface area contributed by atoms with Gasteiger partial charge in [-0.3, -0.25) is 24.1 Å². The van der Waals surface area contributed by atoms with Gasteiger partial charge >= 0.3 is 0 Å². The fourth-order valence-corrected chi connectivity index (χ4v) is 9.39. The molecule has 7 rings (SSSR count). The molecule has 3 fully saturated rings. The van der Waals surface area contributed by atoms with Gasteiger partial charge in [-0.15, -0.1) is 34.5 Å². The van der Waals surface area contributed by atoms with Crippen LogP contribution in [-0.2, 0) is 25.7 Å². The predicted molar refractivity (Wildman–Crippen MR) is 177 cm³/mol. The number of hydrogen-bond acceptors (Lipinski definition) is 8. The molecule has 1 saturated carbocycles. The van der Waals surface area contributed by atoms with Gasteiger partial charge in [-0.05, 0) is 47.9 Å². The van der Waals surface area contributed by atoms with Gasteiger partial charge in [0.05, 0.1) is 32.6 Å². The molecule has 0 bridgehead atoms. The standard InChI is InChI=1S/C35H25Cl2F5N2O7S/c1-50-20-10-14(11-21(51-2)29(20)45)5-8-19-16-6-7-17-22(31(47)43(30(17)46)13-15-4-3-9-52-15)18(16)12-34(36)32(48)44(33(49)35(19,34)37)28-26(41)24(39)23(38)25(40)27(28)42/h3-6,8-11,17-19,22,45H,7,12-13H2,1-2H3/t17-,18+,19-,22-,34+,35-/m0/s1. The van der Waals surface area contributed by atoms with Crippen molar-refractivity contribution in [2.24, 2.45) is 23.7 Å². The van der Waals surface area contributed by atoms with Gasteiger partial charge < -0.3 is 14.6 Å². The summed E-state index contributed by atoms with van der Waals surface area (Å²) in [6.45, 7) is -0.0187. The van der Waals surface area contributed by atoms with Crippen molar-refractivity contribution in [3.63, 3.8) is 0 Å². The number of thiophene rings is 1. The second kappa shape index (κ2) is 12.6. The summed E-state index contributed by atoms with van der Waals surface area (Å²) in [7, 11) is 2.57. The van der Waals surface area contributed by atoms with Crippen LogP contribution in [0.5, 0.6) is 17.2 Å². The number of phenolic OH excluding ortho intramolecular Hbond substituents is 1. The lowest BCUT2D eigenvalue weighted by Gasteiger charge is -2.49. The Morgan fingerprint density at radius 1 is 0.923 bits per heavy atom. The van der Waals surface area contributed by atoms with Gasteiger partial charge in [0.2, 0.25) is 23.4 Å². The number of carbonyl (C=O) groups excluding carboxylic acids is 4. The van der Waals surface area contributed by atoms with Crippen LogP contribution in [0.15, 0.2) is 47.4 Å². The maximum absolute atomic E-state index is 15.2. The summed E-state index contributed by atoms with van der Waals surface area (Å²) >= 11 is 15.5. The van der Waals surface area contributed by atoms with Crippen LogP contribution in [0, 0.1) is 52.8 Å². The van der Waals surface area contributed by atoms with Crippen LogP contribution in [0.2, 0.25) is 0 Å². The Bertz CT molecular complexity index is 2090. The number of likely N-dealkylation sites (tertiary alicyclic amines) is 1. The number of amides is 4. The lowest BCUT2D eigenvalue weighted by molar-refractivity contribution is -0.141. The van der Waals surface area contributed by atoms with E-state index in [2.05, 4.69) is 0 Å². The average molecular weight is 784 g/mol. The number of phenols is 1. The number of imide groups is 2. The second-order valence-corrected chi connectivity index (χ2v) is 15.0. The van der Waals surface area contributed by atoms with Crippen molar-refractivity contribution in [1.82, 2.24) is 4.90 Å². The molecule has 0 unspecified atom stereocenters. The van der Waals surface area contributed by atoms with E-state index in [1.54, 1.807) is 23.6 Å². The topological polar surface area (TPSA) is 113 Å². The molecule has 272 valence electrons. The number of nitrogens with zero attached hydrogens (tertiary/aromatic N) is 2. The number of alkyl halides is 2. The van der Waals surface area contributed by atoms with Crippen molar-refractivity contribution in [2.75, 3.05) is 19.1 Å². The summed E-state index contributed by atoms with van der Waals surface area (Å²) in [5.74, 6) is -21.4. The third kappa shape index (κ3) is 4.84. The van der Waals surface area contributed by atoms with E-state index in [4.69, 9.17) is 32.7 Å². The van der Waals surface area contributed by atoms with Crippen LogP contribution in [0.3, 0.4) is 0 Å². The Labute approximate surface area is 305 Å². The zero-order valence-corrected chi connectivity index (χ0v) is 29.2. The Morgan fingerprint density at radius 2 is 1.54 bits per heavy atom. The van der Waals surface area contributed by atoms with Crippen LogP contribution in [0.25, 0.3) is 6.08 Å². The van der Waals surface area contributed by atoms with Gasteiger partial charge in [-0.2, -0.15) is 0 Å². The van der Waals surface area contributed by atoms with Crippen LogP contribution < -0.4 is 14.4 Å². The minimum atomic E-state index is -2.66. The number of halogens is 7. The monoisotopic (exact) mass is 782 g/mol. The molecule has 6 atom stereocenters. The van der Waals surface area contributed by atoms with Gasteiger partial charge in [-0.25, -0.2) is 26.9 Å². The van der Waals surface area contributed by atoms with E-state index in [-0.39, 0.29) is 35.1 Å². The van der Waals surface area contributed by atoms with Crippen molar-refractivity contribution < 1.29 is 55.7 Å². The Morgan fingerprint density at radius 3 is 2.12 bits per heavy atom. The molecule has 2 aliphatic heterocycles. The number of fused-ring (bicyclic) bond motifs is 4. The molecule has 9 nitrogen and oxygen atoms in total. The maximum atomic E-state index is 15.2. The summed E-state index contributed by atoms with van der Waals surface area (Å²) in [6.07, 6.45) is 3.73. The van der Waals surface area contributed by atoms with Gasteiger partial charge in [0.25, 0.3) is 11.8 Å². The molecule has 3 heterocycles. The molecule has 17 heteroatoms. The van der Waals surface area contributed by atoms with E-state index in [0.29, 0.717) is 11.1 Å². The Hall–Kier alpha value is -4.47. The molecule has 4 aliphatic rings. The van der Waals surface area contributed by atoms with E-state index in [1.807, 2.05) is 0 Å². The number of benzene rings is 2. The first-order valence-electron chi connectivity index (χ1n) is 15.6. The first-order chi connectivity index (χ1) is 24.6. The first-order valence-corrected chi connectivity index (χ1v) is 17.2. The van der Waals surface area contributed by atoms with Crippen molar-refractivity contribution in [3.05, 3.63) is 86.9 Å². The Kier molecular flexibility index (Phi) is 8.69. The van der Waals surface area contributed by atoms with Crippen LogP contribution in [0.1, 0.15) is 23.3 Å². The van der Waals surface area contributed by atoms with E-state index >= 15 is 8.78 Å². The molecular formula is C35H25Cl2F5N2O7S. The third-order valence-electron chi connectivity index (χ3n) is 10.2. The highest BCUT2D eigenvalue weighted by molar-refractivity contribution is 7.09. The number of hydrogen-bond donors (Lipinski definition) is 1. The molecule has 0 radical (unpaired) electrons. The first kappa shape index (κ1) is 35.9. The maximum Gasteiger partial charge on any atom is 0.258 e. The summed E-state index contributed by atoms with van der Waals surface area (Å²) in [5, 5.41) is 12.2. The average Bonchev–Trinajstić information content (AvgIpc) is 3.77. The van der Waals surface area contributed by atoms with Gasteiger partial charge in [0.1, 0.15) is 5.69 Å². The molecule has 2 aromatic carbocycles. The fourth-order valence-electron chi connectivity index (χ4n) is 7.81. The van der Waals surface area contributed by atoms with Crippen molar-refractivity contribution in [3.8, 4) is 17.2 Å². The third-order valence-corrected chi connectivity index (χ3v) is 12.5. The molecule has 2 saturated heterocycles. The minimum absolute atomic E-state index is 0.0129.